The molecule has 8 heteroatoms. The number of tetrazole rings is 1. The van der Waals surface area contributed by atoms with E-state index in [1.54, 1.807) is 11.3 Å². The van der Waals surface area contributed by atoms with Crippen molar-refractivity contribution in [3.63, 3.8) is 0 Å². The summed E-state index contributed by atoms with van der Waals surface area (Å²) in [5.74, 6) is 1.06. The van der Waals surface area contributed by atoms with Gasteiger partial charge in [-0.3, -0.25) is 9.69 Å². The molecule has 0 radical (unpaired) electrons. The molecule has 180 valence electrons. The van der Waals surface area contributed by atoms with E-state index in [9.17, 15) is 4.79 Å². The van der Waals surface area contributed by atoms with E-state index in [0.717, 1.165) is 28.7 Å². The van der Waals surface area contributed by atoms with E-state index < -0.39 is 0 Å². The Morgan fingerprint density at radius 2 is 1.94 bits per heavy atom. The Labute approximate surface area is 204 Å². The lowest BCUT2D eigenvalue weighted by Gasteiger charge is -2.34. The highest BCUT2D eigenvalue weighted by molar-refractivity contribution is 7.09. The molecular weight excluding hydrogens is 444 g/mol. The summed E-state index contributed by atoms with van der Waals surface area (Å²) in [4.78, 5) is 19.8. The monoisotopic (exact) mass is 478 g/mol. The zero-order chi connectivity index (χ0) is 24.5. The zero-order valence-corrected chi connectivity index (χ0v) is 21.7. The second-order valence-electron chi connectivity index (χ2n) is 10.2. The van der Waals surface area contributed by atoms with Gasteiger partial charge in [-0.15, -0.1) is 16.4 Å². The van der Waals surface area contributed by atoms with Crippen LogP contribution in [0.4, 0.5) is 0 Å². The second kappa shape index (κ2) is 9.80. The number of aromatic nitrogens is 5. The molecule has 0 amide bonds. The molecule has 0 aliphatic carbocycles. The van der Waals surface area contributed by atoms with Gasteiger partial charge in [0.15, 0.2) is 5.82 Å². The number of aromatic amines is 1. The van der Waals surface area contributed by atoms with Crippen LogP contribution in [0.25, 0.3) is 10.9 Å². The predicted molar refractivity (Wildman–Crippen MR) is 138 cm³/mol. The van der Waals surface area contributed by atoms with Crippen molar-refractivity contribution in [2.45, 2.75) is 72.6 Å². The molecule has 4 aromatic rings. The standard InChI is InChI=1S/C26H34N6OS/c1-7-18-10-11-22-19(13-18)14-20(25(33)27-22)15-31(16-21-9-8-12-34-21)23(17(2)3)24-28-29-30-32(24)26(4,5)6/h8-14,17,23H,7,15-16H2,1-6H3,(H,27,33)/t23-/m0/s1. The molecular formula is C26H34N6OS. The number of thiophene rings is 1. The van der Waals surface area contributed by atoms with Crippen molar-refractivity contribution in [1.82, 2.24) is 30.1 Å². The van der Waals surface area contributed by atoms with Crippen molar-refractivity contribution in [2.24, 2.45) is 5.92 Å². The largest absolute Gasteiger partial charge is 0.322 e. The van der Waals surface area contributed by atoms with Crippen LogP contribution >= 0.6 is 11.3 Å². The average molecular weight is 479 g/mol. The summed E-state index contributed by atoms with van der Waals surface area (Å²) < 4.78 is 1.91. The molecule has 0 fully saturated rings. The van der Waals surface area contributed by atoms with Crippen LogP contribution in [0.2, 0.25) is 0 Å². The number of pyridine rings is 1. The number of nitrogens with zero attached hydrogens (tertiary/aromatic N) is 5. The third-order valence-corrected chi connectivity index (χ3v) is 6.99. The SMILES string of the molecule is CCc1ccc2[nH]c(=O)c(CN(Cc3cccs3)[C@H](c3nnnn3C(C)(C)C)C(C)C)cc2c1. The molecule has 0 unspecified atom stereocenters. The maximum atomic E-state index is 13.1. The minimum absolute atomic E-state index is 0.0501. The van der Waals surface area contributed by atoms with Crippen LogP contribution in [0, 0.1) is 5.92 Å². The number of benzene rings is 1. The van der Waals surface area contributed by atoms with Crippen LogP contribution in [0.1, 0.15) is 69.4 Å². The van der Waals surface area contributed by atoms with E-state index in [-0.39, 0.29) is 23.1 Å². The van der Waals surface area contributed by atoms with Gasteiger partial charge in [0.25, 0.3) is 5.56 Å². The fourth-order valence-corrected chi connectivity index (χ4v) is 5.18. The highest BCUT2D eigenvalue weighted by Gasteiger charge is 2.33. The Morgan fingerprint density at radius 3 is 2.59 bits per heavy atom. The minimum Gasteiger partial charge on any atom is -0.322 e. The Bertz CT molecular complexity index is 1300. The molecule has 0 saturated heterocycles. The first-order valence-electron chi connectivity index (χ1n) is 11.9. The molecule has 4 rings (SSSR count). The van der Waals surface area contributed by atoms with Gasteiger partial charge in [0, 0.05) is 29.0 Å². The van der Waals surface area contributed by atoms with Gasteiger partial charge in [0.05, 0.1) is 11.6 Å². The lowest BCUT2D eigenvalue weighted by atomic mass is 9.98. The molecule has 34 heavy (non-hydrogen) atoms. The third-order valence-electron chi connectivity index (χ3n) is 6.12. The Hall–Kier alpha value is -2.84. The molecule has 0 aliphatic heterocycles. The van der Waals surface area contributed by atoms with Crippen LogP contribution in [-0.2, 0) is 25.0 Å². The zero-order valence-electron chi connectivity index (χ0n) is 20.9. The van der Waals surface area contributed by atoms with E-state index in [0.29, 0.717) is 13.1 Å². The van der Waals surface area contributed by atoms with Crippen molar-refractivity contribution < 1.29 is 0 Å². The smallest absolute Gasteiger partial charge is 0.252 e. The van der Waals surface area contributed by atoms with Gasteiger partial charge in [0.1, 0.15) is 0 Å². The van der Waals surface area contributed by atoms with Crippen LogP contribution in [0.3, 0.4) is 0 Å². The molecule has 1 atom stereocenters. The van der Waals surface area contributed by atoms with Crippen molar-refractivity contribution in [3.05, 3.63) is 74.0 Å². The van der Waals surface area contributed by atoms with Crippen LogP contribution in [0.15, 0.2) is 46.6 Å². The summed E-state index contributed by atoms with van der Waals surface area (Å²) in [5.41, 5.74) is 2.57. The molecule has 0 spiro atoms. The normalized spacial score (nSPS) is 13.3. The van der Waals surface area contributed by atoms with Gasteiger partial charge in [-0.2, -0.15) is 0 Å². The topological polar surface area (TPSA) is 79.7 Å². The van der Waals surface area contributed by atoms with Gasteiger partial charge in [-0.05, 0) is 84.1 Å². The maximum absolute atomic E-state index is 13.1. The Morgan fingerprint density at radius 1 is 1.15 bits per heavy atom. The van der Waals surface area contributed by atoms with Crippen LogP contribution in [-0.4, -0.2) is 30.1 Å². The van der Waals surface area contributed by atoms with E-state index in [1.807, 2.05) is 16.8 Å². The number of aryl methyl sites for hydroxylation is 1. The highest BCUT2D eigenvalue weighted by atomic mass is 32.1. The van der Waals surface area contributed by atoms with E-state index in [4.69, 9.17) is 0 Å². The minimum atomic E-state index is -0.252. The Kier molecular flexibility index (Phi) is 7.00. The van der Waals surface area contributed by atoms with Crippen molar-refractivity contribution in [1.29, 1.82) is 0 Å². The second-order valence-corrected chi connectivity index (χ2v) is 11.2. The molecule has 0 bridgehead atoms. The highest BCUT2D eigenvalue weighted by Crippen LogP contribution is 2.32. The predicted octanol–water partition coefficient (Wildman–Crippen LogP) is 5.29. The lowest BCUT2D eigenvalue weighted by molar-refractivity contribution is 0.121. The first-order chi connectivity index (χ1) is 16.2. The average Bonchev–Trinajstić information content (AvgIpc) is 3.46. The number of fused-ring (bicyclic) bond motifs is 1. The van der Waals surface area contributed by atoms with Gasteiger partial charge < -0.3 is 4.98 Å². The summed E-state index contributed by atoms with van der Waals surface area (Å²) in [6.45, 7) is 14.0. The first kappa shape index (κ1) is 24.3. The van der Waals surface area contributed by atoms with Crippen molar-refractivity contribution in [3.8, 4) is 0 Å². The number of nitrogens with one attached hydrogen (secondary N) is 1. The lowest BCUT2D eigenvalue weighted by Crippen LogP contribution is -2.37. The van der Waals surface area contributed by atoms with Gasteiger partial charge in [-0.25, -0.2) is 4.68 Å². The first-order valence-corrected chi connectivity index (χ1v) is 12.8. The molecule has 0 saturated carbocycles. The van der Waals surface area contributed by atoms with Gasteiger partial charge in [-0.1, -0.05) is 32.9 Å². The van der Waals surface area contributed by atoms with E-state index in [1.165, 1.54) is 10.4 Å². The number of rotatable bonds is 8. The van der Waals surface area contributed by atoms with Crippen LogP contribution < -0.4 is 5.56 Å². The van der Waals surface area contributed by atoms with Gasteiger partial charge >= 0.3 is 0 Å². The molecule has 7 nitrogen and oxygen atoms in total. The van der Waals surface area contributed by atoms with Crippen LogP contribution in [0.5, 0.6) is 0 Å². The fraction of sp³-hybridized carbons (Fsp3) is 0.462. The Balaban J connectivity index is 1.79. The molecule has 1 aromatic carbocycles. The quantitative estimate of drug-likeness (QED) is 0.372. The summed E-state index contributed by atoms with van der Waals surface area (Å²) in [5, 5.41) is 16.0. The maximum Gasteiger partial charge on any atom is 0.252 e. The van der Waals surface area contributed by atoms with E-state index >= 15 is 0 Å². The fourth-order valence-electron chi connectivity index (χ4n) is 4.45. The number of H-pyrrole nitrogens is 1. The summed E-state index contributed by atoms with van der Waals surface area (Å²) in [6, 6.07) is 12.4. The summed E-state index contributed by atoms with van der Waals surface area (Å²) in [7, 11) is 0. The molecule has 3 aromatic heterocycles. The number of hydrogen-bond acceptors (Lipinski definition) is 6. The van der Waals surface area contributed by atoms with Crippen molar-refractivity contribution in [2.75, 3.05) is 0 Å². The van der Waals surface area contributed by atoms with Crippen molar-refractivity contribution >= 4 is 22.2 Å². The summed E-state index contributed by atoms with van der Waals surface area (Å²) in [6.07, 6.45) is 0.958. The molecule has 3 heterocycles. The summed E-state index contributed by atoms with van der Waals surface area (Å²) >= 11 is 1.72. The third kappa shape index (κ3) is 5.13. The van der Waals surface area contributed by atoms with E-state index in [2.05, 4.69) is 96.6 Å². The number of hydrogen-bond donors (Lipinski definition) is 1. The molecule has 1 N–H and O–H groups in total. The van der Waals surface area contributed by atoms with Gasteiger partial charge in [0.2, 0.25) is 0 Å². The molecule has 0 aliphatic rings.